The van der Waals surface area contributed by atoms with Gasteiger partial charge in [-0.1, -0.05) is 44.2 Å². The Kier molecular flexibility index (Phi) is 6.12. The van der Waals surface area contributed by atoms with E-state index in [0.29, 0.717) is 6.54 Å². The highest BCUT2D eigenvalue weighted by atomic mass is 16.3. The van der Waals surface area contributed by atoms with Gasteiger partial charge in [-0.3, -0.25) is 0 Å². The van der Waals surface area contributed by atoms with E-state index in [1.165, 1.54) is 12.8 Å². The Morgan fingerprint density at radius 3 is 2.50 bits per heavy atom. The first kappa shape index (κ1) is 13.2. The quantitative estimate of drug-likeness (QED) is 0.694. The van der Waals surface area contributed by atoms with Crippen molar-refractivity contribution < 1.29 is 5.11 Å². The van der Waals surface area contributed by atoms with Crippen LogP contribution in [0.1, 0.15) is 38.4 Å². The molecular formula is C14H23NO. The normalized spacial score (nSPS) is 13.0. The lowest BCUT2D eigenvalue weighted by Crippen LogP contribution is -2.22. The van der Waals surface area contributed by atoms with Crippen LogP contribution in [0.25, 0.3) is 0 Å². The van der Waals surface area contributed by atoms with Crippen LogP contribution >= 0.6 is 0 Å². The van der Waals surface area contributed by atoms with Crippen LogP contribution in [0.5, 0.6) is 0 Å². The average Bonchev–Trinajstić information content (AvgIpc) is 2.29. The van der Waals surface area contributed by atoms with E-state index in [-0.39, 0.29) is 6.10 Å². The molecule has 0 bridgehead atoms. The first-order chi connectivity index (χ1) is 7.70. The van der Waals surface area contributed by atoms with E-state index in [1.807, 2.05) is 30.3 Å². The van der Waals surface area contributed by atoms with Gasteiger partial charge in [0.1, 0.15) is 0 Å². The van der Waals surface area contributed by atoms with Gasteiger partial charge in [0.25, 0.3) is 0 Å². The molecule has 0 aliphatic heterocycles. The van der Waals surface area contributed by atoms with Gasteiger partial charge < -0.3 is 10.4 Å². The van der Waals surface area contributed by atoms with Gasteiger partial charge in [0.2, 0.25) is 0 Å². The lowest BCUT2D eigenvalue weighted by molar-refractivity contribution is 0.174. The van der Waals surface area contributed by atoms with Crippen LogP contribution in [0.4, 0.5) is 0 Å². The predicted octanol–water partition coefficient (Wildman–Crippen LogP) is 2.75. The third kappa shape index (κ3) is 5.29. The van der Waals surface area contributed by atoms with Crippen LogP contribution in [0.15, 0.2) is 30.3 Å². The Bertz CT molecular complexity index is 271. The van der Waals surface area contributed by atoms with Crippen LogP contribution in [0.2, 0.25) is 0 Å². The zero-order valence-electron chi connectivity index (χ0n) is 10.3. The monoisotopic (exact) mass is 221 g/mol. The van der Waals surface area contributed by atoms with E-state index in [2.05, 4.69) is 19.2 Å². The summed E-state index contributed by atoms with van der Waals surface area (Å²) in [6.45, 7) is 6.10. The van der Waals surface area contributed by atoms with Gasteiger partial charge in [0.15, 0.2) is 0 Å². The Balaban J connectivity index is 2.14. The van der Waals surface area contributed by atoms with Crippen molar-refractivity contribution in [1.29, 1.82) is 0 Å². The molecule has 0 aliphatic rings. The maximum atomic E-state index is 9.87. The second kappa shape index (κ2) is 7.42. The van der Waals surface area contributed by atoms with Crippen molar-refractivity contribution in [3.63, 3.8) is 0 Å². The van der Waals surface area contributed by atoms with Crippen LogP contribution < -0.4 is 5.32 Å². The van der Waals surface area contributed by atoms with Gasteiger partial charge in [0, 0.05) is 6.54 Å². The summed E-state index contributed by atoms with van der Waals surface area (Å²) in [5.41, 5.74) is 0.985. The summed E-state index contributed by atoms with van der Waals surface area (Å²) in [5.74, 6) is 0.765. The zero-order valence-corrected chi connectivity index (χ0v) is 10.3. The molecule has 0 amide bonds. The molecule has 1 unspecified atom stereocenters. The highest BCUT2D eigenvalue weighted by molar-refractivity contribution is 5.17. The molecule has 2 N–H and O–H groups in total. The summed E-state index contributed by atoms with van der Waals surface area (Å²) in [5, 5.41) is 13.2. The molecule has 2 nitrogen and oxygen atoms in total. The van der Waals surface area contributed by atoms with Crippen molar-refractivity contribution in [3.05, 3.63) is 35.9 Å². The van der Waals surface area contributed by atoms with E-state index in [0.717, 1.165) is 18.0 Å². The average molecular weight is 221 g/mol. The molecule has 0 aliphatic carbocycles. The van der Waals surface area contributed by atoms with Crippen LogP contribution in [0, 0.1) is 5.92 Å². The summed E-state index contributed by atoms with van der Waals surface area (Å²) in [4.78, 5) is 0. The molecule has 1 aromatic rings. The maximum Gasteiger partial charge on any atom is 0.0914 e. The topological polar surface area (TPSA) is 32.3 Å². The van der Waals surface area contributed by atoms with Crippen molar-refractivity contribution >= 4 is 0 Å². The van der Waals surface area contributed by atoms with Gasteiger partial charge >= 0.3 is 0 Å². The minimum absolute atomic E-state index is 0.389. The fourth-order valence-corrected chi connectivity index (χ4v) is 1.67. The van der Waals surface area contributed by atoms with Gasteiger partial charge in [0.05, 0.1) is 6.10 Å². The fraction of sp³-hybridized carbons (Fsp3) is 0.571. The van der Waals surface area contributed by atoms with Crippen molar-refractivity contribution in [2.75, 3.05) is 13.1 Å². The number of aliphatic hydroxyl groups is 1. The van der Waals surface area contributed by atoms with Crippen molar-refractivity contribution in [2.24, 2.45) is 5.92 Å². The van der Waals surface area contributed by atoms with Gasteiger partial charge in [-0.15, -0.1) is 0 Å². The largest absolute Gasteiger partial charge is 0.387 e. The Morgan fingerprint density at radius 2 is 1.88 bits per heavy atom. The molecule has 1 aromatic carbocycles. The van der Waals surface area contributed by atoms with Gasteiger partial charge in [-0.25, -0.2) is 0 Å². The molecule has 1 rings (SSSR count). The number of benzene rings is 1. The van der Waals surface area contributed by atoms with Crippen LogP contribution in [-0.2, 0) is 0 Å². The third-order valence-electron chi connectivity index (χ3n) is 2.66. The molecule has 16 heavy (non-hydrogen) atoms. The molecule has 0 fully saturated rings. The van der Waals surface area contributed by atoms with Crippen molar-refractivity contribution in [2.45, 2.75) is 32.8 Å². The predicted molar refractivity (Wildman–Crippen MR) is 68.3 cm³/mol. The van der Waals surface area contributed by atoms with Crippen molar-refractivity contribution in [1.82, 2.24) is 5.32 Å². The smallest absolute Gasteiger partial charge is 0.0914 e. The van der Waals surface area contributed by atoms with E-state index < -0.39 is 0 Å². The summed E-state index contributed by atoms with van der Waals surface area (Å²) in [7, 11) is 0. The summed E-state index contributed by atoms with van der Waals surface area (Å²) < 4.78 is 0. The maximum absolute atomic E-state index is 9.87. The van der Waals surface area contributed by atoms with Crippen LogP contribution in [-0.4, -0.2) is 18.2 Å². The molecule has 0 aromatic heterocycles. The fourth-order valence-electron chi connectivity index (χ4n) is 1.67. The molecule has 1 atom stereocenters. The van der Waals surface area contributed by atoms with E-state index in [4.69, 9.17) is 0 Å². The Hall–Kier alpha value is -0.860. The highest BCUT2D eigenvalue weighted by Gasteiger charge is 2.05. The lowest BCUT2D eigenvalue weighted by Gasteiger charge is -2.12. The minimum atomic E-state index is -0.389. The summed E-state index contributed by atoms with van der Waals surface area (Å²) in [6.07, 6.45) is 2.04. The number of rotatable bonds is 7. The number of hydrogen-bond acceptors (Lipinski definition) is 2. The zero-order chi connectivity index (χ0) is 11.8. The number of nitrogens with one attached hydrogen (secondary N) is 1. The molecule has 0 radical (unpaired) electrons. The molecule has 0 spiro atoms. The van der Waals surface area contributed by atoms with E-state index in [1.54, 1.807) is 0 Å². The standard InChI is InChI=1S/C14H23NO/c1-12(2)7-6-10-15-11-14(16)13-8-4-3-5-9-13/h3-5,8-9,12,14-16H,6-7,10-11H2,1-2H3. The van der Waals surface area contributed by atoms with Crippen LogP contribution in [0.3, 0.4) is 0 Å². The second-order valence-corrected chi connectivity index (χ2v) is 4.67. The SMILES string of the molecule is CC(C)CCCNCC(O)c1ccccc1. The molecule has 90 valence electrons. The third-order valence-corrected chi connectivity index (χ3v) is 2.66. The first-order valence-electron chi connectivity index (χ1n) is 6.14. The summed E-state index contributed by atoms with van der Waals surface area (Å²) in [6, 6.07) is 9.79. The van der Waals surface area contributed by atoms with E-state index in [9.17, 15) is 5.11 Å². The Labute approximate surface area is 98.7 Å². The van der Waals surface area contributed by atoms with Crippen molar-refractivity contribution in [3.8, 4) is 0 Å². The molecular weight excluding hydrogens is 198 g/mol. The van der Waals surface area contributed by atoms with Gasteiger partial charge in [-0.2, -0.15) is 0 Å². The number of hydrogen-bond donors (Lipinski definition) is 2. The minimum Gasteiger partial charge on any atom is -0.387 e. The first-order valence-corrected chi connectivity index (χ1v) is 6.14. The number of aliphatic hydroxyl groups excluding tert-OH is 1. The molecule has 0 saturated heterocycles. The molecule has 0 heterocycles. The lowest BCUT2D eigenvalue weighted by atomic mass is 10.1. The molecule has 2 heteroatoms. The Morgan fingerprint density at radius 1 is 1.19 bits per heavy atom. The van der Waals surface area contributed by atoms with E-state index >= 15 is 0 Å². The second-order valence-electron chi connectivity index (χ2n) is 4.67. The molecule has 0 saturated carbocycles. The summed E-state index contributed by atoms with van der Waals surface area (Å²) >= 11 is 0. The van der Waals surface area contributed by atoms with Gasteiger partial charge in [-0.05, 0) is 30.9 Å². The highest BCUT2D eigenvalue weighted by Crippen LogP contribution is 2.10.